The number of nitrogens with zero attached hydrogens (tertiary/aromatic N) is 1. The van der Waals surface area contributed by atoms with Crippen molar-refractivity contribution in [2.45, 2.75) is 26.1 Å². The van der Waals surface area contributed by atoms with E-state index in [1.165, 1.54) is 7.05 Å². The van der Waals surface area contributed by atoms with Crippen molar-refractivity contribution in [1.29, 1.82) is 0 Å². The predicted molar refractivity (Wildman–Crippen MR) is 59.0 cm³/mol. The zero-order valence-electron chi connectivity index (χ0n) is 9.95. The van der Waals surface area contributed by atoms with Crippen LogP contribution in [0.2, 0.25) is 0 Å². The summed E-state index contributed by atoms with van der Waals surface area (Å²) in [5, 5.41) is 4.57. The fourth-order valence-corrected chi connectivity index (χ4v) is 1.85. The highest BCUT2D eigenvalue weighted by Crippen LogP contribution is 2.09. The number of urea groups is 1. The number of hydrogen-bond donors (Lipinski definition) is 2. The van der Waals surface area contributed by atoms with Crippen LogP contribution in [0.3, 0.4) is 0 Å². The first-order valence-corrected chi connectivity index (χ1v) is 5.40. The topological polar surface area (TPSA) is 70.7 Å². The molecular formula is C10H19N3O3. The molecule has 1 saturated heterocycles. The summed E-state index contributed by atoms with van der Waals surface area (Å²) in [6.07, 6.45) is 0.244. The Morgan fingerprint density at radius 1 is 1.31 bits per heavy atom. The van der Waals surface area contributed by atoms with Crippen LogP contribution in [-0.4, -0.2) is 55.7 Å². The van der Waals surface area contributed by atoms with Gasteiger partial charge in [-0.25, -0.2) is 4.79 Å². The van der Waals surface area contributed by atoms with Gasteiger partial charge in [0.2, 0.25) is 5.91 Å². The Hall–Kier alpha value is -1.14. The molecule has 16 heavy (non-hydrogen) atoms. The standard InChI is InChI=1S/C10H19N3O3/c1-7-4-13(5-8(2)16-7)6-9(14)12-10(15)11-3/h7-8H,4-6H2,1-3H3,(H2,11,12,14,15)/t7-,8-/m0/s1. The fourth-order valence-electron chi connectivity index (χ4n) is 1.85. The van der Waals surface area contributed by atoms with Gasteiger partial charge < -0.3 is 10.1 Å². The van der Waals surface area contributed by atoms with Crippen LogP contribution < -0.4 is 10.6 Å². The maximum atomic E-state index is 11.4. The molecule has 0 spiro atoms. The number of amides is 3. The van der Waals surface area contributed by atoms with Gasteiger partial charge in [-0.05, 0) is 13.8 Å². The Morgan fingerprint density at radius 2 is 1.88 bits per heavy atom. The smallest absolute Gasteiger partial charge is 0.321 e. The summed E-state index contributed by atoms with van der Waals surface area (Å²) in [6, 6.07) is -0.473. The van der Waals surface area contributed by atoms with E-state index < -0.39 is 6.03 Å². The normalized spacial score (nSPS) is 26.2. The maximum Gasteiger partial charge on any atom is 0.321 e. The molecule has 6 nitrogen and oxygen atoms in total. The van der Waals surface area contributed by atoms with Crippen LogP contribution in [0.4, 0.5) is 4.79 Å². The van der Waals surface area contributed by atoms with Gasteiger partial charge in [-0.3, -0.25) is 15.0 Å². The summed E-state index contributed by atoms with van der Waals surface area (Å²) in [7, 11) is 1.47. The summed E-state index contributed by atoms with van der Waals surface area (Å²) in [4.78, 5) is 24.3. The molecule has 0 radical (unpaired) electrons. The van der Waals surface area contributed by atoms with Crippen molar-refractivity contribution in [2.75, 3.05) is 26.7 Å². The Bertz CT molecular complexity index is 260. The quantitative estimate of drug-likeness (QED) is 0.673. The van der Waals surface area contributed by atoms with Gasteiger partial charge in [0, 0.05) is 20.1 Å². The first kappa shape index (κ1) is 12.9. The zero-order valence-corrected chi connectivity index (χ0v) is 9.95. The third-order valence-corrected chi connectivity index (χ3v) is 2.34. The van der Waals surface area contributed by atoms with E-state index in [1.807, 2.05) is 18.7 Å². The molecule has 1 aliphatic heterocycles. The molecule has 92 valence electrons. The number of ether oxygens (including phenoxy) is 1. The molecule has 2 N–H and O–H groups in total. The van der Waals surface area contributed by atoms with Crippen molar-refractivity contribution in [3.05, 3.63) is 0 Å². The Labute approximate surface area is 95.3 Å². The van der Waals surface area contributed by atoms with E-state index in [1.54, 1.807) is 0 Å². The zero-order chi connectivity index (χ0) is 12.1. The molecule has 3 amide bonds. The Kier molecular flexibility index (Phi) is 4.70. The summed E-state index contributed by atoms with van der Waals surface area (Å²) in [6.45, 7) is 5.60. The van der Waals surface area contributed by atoms with Gasteiger partial charge in [0.1, 0.15) is 0 Å². The number of carbonyl (C=O) groups is 2. The summed E-state index contributed by atoms with van der Waals surface area (Å²) in [5.41, 5.74) is 0. The lowest BCUT2D eigenvalue weighted by Crippen LogP contribution is -2.50. The predicted octanol–water partition coefficient (Wildman–Crippen LogP) is -0.449. The van der Waals surface area contributed by atoms with Crippen LogP contribution in [0.15, 0.2) is 0 Å². The van der Waals surface area contributed by atoms with E-state index in [-0.39, 0.29) is 24.7 Å². The van der Waals surface area contributed by atoms with Crippen molar-refractivity contribution in [3.63, 3.8) is 0 Å². The fraction of sp³-hybridized carbons (Fsp3) is 0.800. The van der Waals surface area contributed by atoms with Crippen LogP contribution in [0.25, 0.3) is 0 Å². The van der Waals surface area contributed by atoms with Crippen LogP contribution >= 0.6 is 0 Å². The Balaban J connectivity index is 2.35. The highest BCUT2D eigenvalue weighted by atomic mass is 16.5. The lowest BCUT2D eigenvalue weighted by atomic mass is 10.2. The molecule has 0 saturated carbocycles. The van der Waals surface area contributed by atoms with Crippen LogP contribution in [0.5, 0.6) is 0 Å². The molecular weight excluding hydrogens is 210 g/mol. The van der Waals surface area contributed by atoms with Crippen molar-refractivity contribution < 1.29 is 14.3 Å². The molecule has 0 aromatic carbocycles. The van der Waals surface area contributed by atoms with E-state index in [0.717, 1.165) is 0 Å². The molecule has 1 aliphatic rings. The van der Waals surface area contributed by atoms with Gasteiger partial charge in [0.05, 0.1) is 18.8 Å². The molecule has 0 aromatic heterocycles. The van der Waals surface area contributed by atoms with Crippen molar-refractivity contribution >= 4 is 11.9 Å². The average Bonchev–Trinajstić information content (AvgIpc) is 2.15. The number of hydrogen-bond acceptors (Lipinski definition) is 4. The highest BCUT2D eigenvalue weighted by Gasteiger charge is 2.23. The third-order valence-electron chi connectivity index (χ3n) is 2.34. The van der Waals surface area contributed by atoms with Crippen molar-refractivity contribution in [2.24, 2.45) is 0 Å². The van der Waals surface area contributed by atoms with E-state index in [0.29, 0.717) is 13.1 Å². The molecule has 1 heterocycles. The Morgan fingerprint density at radius 3 is 2.38 bits per heavy atom. The van der Waals surface area contributed by atoms with E-state index in [4.69, 9.17) is 4.74 Å². The average molecular weight is 229 g/mol. The van der Waals surface area contributed by atoms with Crippen LogP contribution in [0, 0.1) is 0 Å². The van der Waals surface area contributed by atoms with Gasteiger partial charge >= 0.3 is 6.03 Å². The number of rotatable bonds is 2. The summed E-state index contributed by atoms with van der Waals surface area (Å²) < 4.78 is 5.55. The number of imide groups is 1. The minimum Gasteiger partial charge on any atom is -0.373 e. The summed E-state index contributed by atoms with van der Waals surface area (Å²) in [5.74, 6) is -0.291. The number of nitrogens with one attached hydrogen (secondary N) is 2. The molecule has 1 rings (SSSR count). The van der Waals surface area contributed by atoms with E-state index in [9.17, 15) is 9.59 Å². The highest BCUT2D eigenvalue weighted by molar-refractivity contribution is 5.95. The second-order valence-corrected chi connectivity index (χ2v) is 4.08. The minimum atomic E-state index is -0.473. The molecule has 0 unspecified atom stereocenters. The van der Waals surface area contributed by atoms with Crippen molar-refractivity contribution in [3.8, 4) is 0 Å². The molecule has 1 fully saturated rings. The molecule has 0 aliphatic carbocycles. The van der Waals surface area contributed by atoms with Gasteiger partial charge in [-0.1, -0.05) is 0 Å². The van der Waals surface area contributed by atoms with Gasteiger partial charge in [-0.2, -0.15) is 0 Å². The second-order valence-electron chi connectivity index (χ2n) is 4.08. The SMILES string of the molecule is CNC(=O)NC(=O)CN1C[C@H](C)O[C@@H](C)C1. The van der Waals surface area contributed by atoms with Gasteiger partial charge in [-0.15, -0.1) is 0 Å². The largest absolute Gasteiger partial charge is 0.373 e. The van der Waals surface area contributed by atoms with Gasteiger partial charge in [0.15, 0.2) is 0 Å². The molecule has 0 aromatic rings. The minimum absolute atomic E-state index is 0.122. The number of morpholine rings is 1. The van der Waals surface area contributed by atoms with E-state index in [2.05, 4.69) is 10.6 Å². The van der Waals surface area contributed by atoms with Crippen LogP contribution in [-0.2, 0) is 9.53 Å². The van der Waals surface area contributed by atoms with Crippen molar-refractivity contribution in [1.82, 2.24) is 15.5 Å². The summed E-state index contributed by atoms with van der Waals surface area (Å²) >= 11 is 0. The van der Waals surface area contributed by atoms with Crippen LogP contribution in [0.1, 0.15) is 13.8 Å². The number of carbonyl (C=O) groups excluding carboxylic acids is 2. The monoisotopic (exact) mass is 229 g/mol. The molecule has 2 atom stereocenters. The molecule has 0 bridgehead atoms. The van der Waals surface area contributed by atoms with E-state index >= 15 is 0 Å². The molecule has 6 heteroatoms. The van der Waals surface area contributed by atoms with Gasteiger partial charge in [0.25, 0.3) is 0 Å². The lowest BCUT2D eigenvalue weighted by Gasteiger charge is -2.34. The maximum absolute atomic E-state index is 11.4. The third kappa shape index (κ3) is 4.16. The lowest BCUT2D eigenvalue weighted by molar-refractivity contribution is -0.124. The second kappa shape index (κ2) is 5.81. The first-order chi connectivity index (χ1) is 7.51. The first-order valence-electron chi connectivity index (χ1n) is 5.40.